The van der Waals surface area contributed by atoms with Gasteiger partial charge >= 0.3 is 0 Å². The fourth-order valence-electron chi connectivity index (χ4n) is 4.17. The van der Waals surface area contributed by atoms with Gasteiger partial charge in [0, 0.05) is 23.0 Å². The molecular weight excluding hydrogens is 420 g/mol. The van der Waals surface area contributed by atoms with E-state index in [0.717, 1.165) is 16.7 Å². The summed E-state index contributed by atoms with van der Waals surface area (Å²) in [7, 11) is 2.96. The molecule has 0 spiro atoms. The molecule has 0 saturated carbocycles. The summed E-state index contributed by atoms with van der Waals surface area (Å²) < 4.78 is 16.8. The van der Waals surface area contributed by atoms with Crippen LogP contribution in [0.3, 0.4) is 0 Å². The second kappa shape index (κ2) is 8.12. The highest BCUT2D eigenvalue weighted by molar-refractivity contribution is 6.32. The van der Waals surface area contributed by atoms with Crippen molar-refractivity contribution in [3.63, 3.8) is 0 Å². The Morgan fingerprint density at radius 3 is 2.16 bits per heavy atom. The largest absolute Gasteiger partial charge is 0.508 e. The van der Waals surface area contributed by atoms with Crippen LogP contribution in [0.4, 0.5) is 0 Å². The molecule has 0 amide bonds. The van der Waals surface area contributed by atoms with Gasteiger partial charge < -0.3 is 29.5 Å². The highest BCUT2D eigenvalue weighted by Crippen LogP contribution is 2.51. The predicted molar refractivity (Wildman–Crippen MR) is 117 cm³/mol. The van der Waals surface area contributed by atoms with Crippen molar-refractivity contribution in [2.75, 3.05) is 20.8 Å². The number of rotatable bonds is 4. The molecule has 1 heterocycles. The lowest BCUT2D eigenvalue weighted by Gasteiger charge is -2.35. The molecule has 162 valence electrons. The second-order valence-corrected chi connectivity index (χ2v) is 7.92. The molecule has 1 aliphatic heterocycles. The highest BCUT2D eigenvalue weighted by atomic mass is 35.5. The zero-order valence-electron chi connectivity index (χ0n) is 17.3. The summed E-state index contributed by atoms with van der Waals surface area (Å²) in [5.74, 6) is 0.936. The molecule has 0 radical (unpaired) electrons. The lowest BCUT2D eigenvalue weighted by Crippen LogP contribution is -2.26. The third-order valence-electron chi connectivity index (χ3n) is 5.81. The standard InChI is InChI=1S/C24H23ClO6/c1-12-18(26)7-5-15-22(13-4-6-19(27)17(25)8-13)16(11-31-24(12)15)14-9-20(29-2)23(28)21(10-14)30-3/h4-10,16,22,26-28H,11H2,1-3H3. The molecule has 7 heteroatoms. The number of fused-ring (bicyclic) bond motifs is 1. The number of aromatic hydroxyl groups is 3. The molecule has 6 nitrogen and oxygen atoms in total. The fourth-order valence-corrected chi connectivity index (χ4v) is 4.36. The summed E-state index contributed by atoms with van der Waals surface area (Å²) in [5.41, 5.74) is 3.27. The third kappa shape index (κ3) is 3.57. The lowest BCUT2D eigenvalue weighted by atomic mass is 9.75. The van der Waals surface area contributed by atoms with Crippen LogP contribution in [0.15, 0.2) is 42.5 Å². The van der Waals surface area contributed by atoms with E-state index in [2.05, 4.69) is 0 Å². The molecule has 1 aliphatic rings. The van der Waals surface area contributed by atoms with E-state index in [1.54, 1.807) is 30.3 Å². The maximum absolute atomic E-state index is 10.3. The van der Waals surface area contributed by atoms with E-state index in [1.807, 2.05) is 19.1 Å². The predicted octanol–water partition coefficient (Wildman–Crippen LogP) is 5.09. The van der Waals surface area contributed by atoms with E-state index in [4.69, 9.17) is 25.8 Å². The number of benzene rings is 3. The summed E-state index contributed by atoms with van der Waals surface area (Å²) in [6.45, 7) is 2.12. The fraction of sp³-hybridized carbons (Fsp3) is 0.250. The van der Waals surface area contributed by atoms with Gasteiger partial charge in [-0.05, 0) is 48.4 Å². The summed E-state index contributed by atoms with van der Waals surface area (Å²) in [6.07, 6.45) is 0. The average molecular weight is 443 g/mol. The Morgan fingerprint density at radius 2 is 1.55 bits per heavy atom. The zero-order chi connectivity index (χ0) is 22.3. The van der Waals surface area contributed by atoms with Gasteiger partial charge in [-0.1, -0.05) is 23.7 Å². The number of phenolic OH excluding ortho intramolecular Hbond substituents is 3. The van der Waals surface area contributed by atoms with Crippen LogP contribution in [0, 0.1) is 6.92 Å². The zero-order valence-corrected chi connectivity index (χ0v) is 18.1. The first-order chi connectivity index (χ1) is 14.8. The molecule has 3 aromatic rings. The average Bonchev–Trinajstić information content (AvgIpc) is 2.77. The normalized spacial score (nSPS) is 17.5. The molecule has 0 fully saturated rings. The van der Waals surface area contributed by atoms with Crippen LogP contribution in [0.25, 0.3) is 0 Å². The summed E-state index contributed by atoms with van der Waals surface area (Å²) in [5, 5.41) is 30.7. The SMILES string of the molecule is COc1cc(C2COc3c(ccc(O)c3C)C2c2ccc(O)c(Cl)c2)cc(OC)c1O. The van der Waals surface area contributed by atoms with Gasteiger partial charge in [-0.2, -0.15) is 0 Å². The van der Waals surface area contributed by atoms with Crippen LogP contribution < -0.4 is 14.2 Å². The Morgan fingerprint density at radius 1 is 0.903 bits per heavy atom. The number of halogens is 1. The van der Waals surface area contributed by atoms with Crippen LogP contribution in [0.5, 0.6) is 34.5 Å². The Hall–Kier alpha value is -3.25. The molecule has 0 aliphatic carbocycles. The second-order valence-electron chi connectivity index (χ2n) is 7.51. The van der Waals surface area contributed by atoms with Crippen molar-refractivity contribution in [1.82, 2.24) is 0 Å². The number of methoxy groups -OCH3 is 2. The molecule has 2 unspecified atom stereocenters. The van der Waals surface area contributed by atoms with E-state index >= 15 is 0 Å². The van der Waals surface area contributed by atoms with Gasteiger partial charge in [-0.25, -0.2) is 0 Å². The van der Waals surface area contributed by atoms with E-state index in [-0.39, 0.29) is 34.1 Å². The Kier molecular flexibility index (Phi) is 5.50. The van der Waals surface area contributed by atoms with Crippen molar-refractivity contribution in [1.29, 1.82) is 0 Å². The van der Waals surface area contributed by atoms with Gasteiger partial charge in [-0.3, -0.25) is 0 Å². The summed E-state index contributed by atoms with van der Waals surface area (Å²) >= 11 is 6.23. The van der Waals surface area contributed by atoms with Crippen LogP contribution in [-0.4, -0.2) is 36.1 Å². The Bertz CT molecular complexity index is 1120. The first-order valence-electron chi connectivity index (χ1n) is 9.74. The number of hydrogen-bond donors (Lipinski definition) is 3. The van der Waals surface area contributed by atoms with Crippen molar-refractivity contribution < 1.29 is 29.5 Å². The number of ether oxygens (including phenoxy) is 3. The maximum Gasteiger partial charge on any atom is 0.200 e. The molecule has 0 saturated heterocycles. The molecule has 2 atom stereocenters. The minimum absolute atomic E-state index is 0.00380. The minimum Gasteiger partial charge on any atom is -0.508 e. The number of hydrogen-bond acceptors (Lipinski definition) is 6. The lowest BCUT2D eigenvalue weighted by molar-refractivity contribution is 0.244. The van der Waals surface area contributed by atoms with Crippen molar-refractivity contribution in [2.45, 2.75) is 18.8 Å². The smallest absolute Gasteiger partial charge is 0.200 e. The molecule has 31 heavy (non-hydrogen) atoms. The van der Waals surface area contributed by atoms with E-state index < -0.39 is 0 Å². The molecule has 0 bridgehead atoms. The topological polar surface area (TPSA) is 88.4 Å². The maximum atomic E-state index is 10.3. The summed E-state index contributed by atoms with van der Waals surface area (Å²) in [4.78, 5) is 0. The van der Waals surface area contributed by atoms with E-state index in [0.29, 0.717) is 29.4 Å². The quantitative estimate of drug-likeness (QED) is 0.521. The minimum atomic E-state index is -0.194. The van der Waals surface area contributed by atoms with Gasteiger partial charge in [0.25, 0.3) is 0 Å². The van der Waals surface area contributed by atoms with Gasteiger partial charge in [0.1, 0.15) is 17.2 Å². The molecule has 4 rings (SSSR count). The molecule has 0 aromatic heterocycles. The van der Waals surface area contributed by atoms with Gasteiger partial charge in [-0.15, -0.1) is 0 Å². The molecule has 3 N–H and O–H groups in total. The van der Waals surface area contributed by atoms with Crippen molar-refractivity contribution >= 4 is 11.6 Å². The number of phenols is 3. The van der Waals surface area contributed by atoms with Crippen LogP contribution in [-0.2, 0) is 0 Å². The van der Waals surface area contributed by atoms with Crippen LogP contribution in [0.2, 0.25) is 5.02 Å². The van der Waals surface area contributed by atoms with Gasteiger partial charge in [0.2, 0.25) is 5.75 Å². The van der Waals surface area contributed by atoms with E-state index in [1.165, 1.54) is 14.2 Å². The Balaban J connectivity index is 1.93. The molecule has 3 aromatic carbocycles. The molecular formula is C24H23ClO6. The van der Waals surface area contributed by atoms with Crippen molar-refractivity contribution in [3.05, 3.63) is 69.7 Å². The monoisotopic (exact) mass is 442 g/mol. The Labute approximate surface area is 185 Å². The first-order valence-corrected chi connectivity index (χ1v) is 10.1. The van der Waals surface area contributed by atoms with Gasteiger partial charge in [0.05, 0.1) is 25.8 Å². The highest BCUT2D eigenvalue weighted by Gasteiger charge is 2.36. The third-order valence-corrected chi connectivity index (χ3v) is 6.12. The van der Waals surface area contributed by atoms with Crippen molar-refractivity contribution in [3.8, 4) is 34.5 Å². The van der Waals surface area contributed by atoms with Crippen LogP contribution in [0.1, 0.15) is 34.1 Å². The first kappa shape index (κ1) is 21.0. The summed E-state index contributed by atoms with van der Waals surface area (Å²) in [6, 6.07) is 12.1. The van der Waals surface area contributed by atoms with Crippen LogP contribution >= 0.6 is 11.6 Å². The van der Waals surface area contributed by atoms with E-state index in [9.17, 15) is 15.3 Å². The van der Waals surface area contributed by atoms with Crippen molar-refractivity contribution in [2.24, 2.45) is 0 Å². The van der Waals surface area contributed by atoms with Gasteiger partial charge in [0.15, 0.2) is 11.5 Å².